The van der Waals surface area contributed by atoms with E-state index in [-0.39, 0.29) is 19.0 Å². The van der Waals surface area contributed by atoms with Crippen molar-refractivity contribution in [3.8, 4) is 0 Å². The third kappa shape index (κ3) is 7.58. The third-order valence-corrected chi connectivity index (χ3v) is 6.88. The van der Waals surface area contributed by atoms with Crippen LogP contribution in [0.4, 0.5) is 5.69 Å². The first-order valence-electron chi connectivity index (χ1n) is 11.7. The van der Waals surface area contributed by atoms with Crippen molar-refractivity contribution in [2.24, 2.45) is 0 Å². The van der Waals surface area contributed by atoms with Crippen LogP contribution in [0.3, 0.4) is 0 Å². The van der Waals surface area contributed by atoms with Crippen LogP contribution >= 0.6 is 0 Å². The molecular weight excluding hydrogens is 450 g/mol. The normalized spacial score (nSPS) is 12.1. The minimum absolute atomic E-state index is 0.212. The fourth-order valence-electron chi connectivity index (χ4n) is 3.75. The zero-order valence-electron chi connectivity index (χ0n) is 20.9. The lowest BCUT2D eigenvalue weighted by atomic mass is 10.1. The van der Waals surface area contributed by atoms with Crippen LogP contribution in [-0.4, -0.2) is 50.5 Å². The molecule has 0 aliphatic heterocycles. The van der Waals surface area contributed by atoms with Gasteiger partial charge < -0.3 is 10.2 Å². The van der Waals surface area contributed by atoms with Crippen LogP contribution in [0.25, 0.3) is 0 Å². The predicted molar refractivity (Wildman–Crippen MR) is 137 cm³/mol. The summed E-state index contributed by atoms with van der Waals surface area (Å²) in [4.78, 5) is 28.1. The Hall–Kier alpha value is -2.87. The third-order valence-electron chi connectivity index (χ3n) is 5.75. The van der Waals surface area contributed by atoms with E-state index >= 15 is 0 Å². The highest BCUT2D eigenvalue weighted by Gasteiger charge is 2.31. The number of unbranched alkanes of at least 4 members (excludes halogenated alkanes) is 1. The first-order chi connectivity index (χ1) is 16.1. The van der Waals surface area contributed by atoms with E-state index in [1.54, 1.807) is 25.1 Å². The topological polar surface area (TPSA) is 86.8 Å². The molecule has 0 aliphatic carbocycles. The van der Waals surface area contributed by atoms with Crippen molar-refractivity contribution in [2.45, 2.75) is 59.5 Å². The molecule has 0 aliphatic rings. The minimum Gasteiger partial charge on any atom is -0.354 e. The van der Waals surface area contributed by atoms with Gasteiger partial charge in [0, 0.05) is 13.1 Å². The molecule has 34 heavy (non-hydrogen) atoms. The molecule has 0 fully saturated rings. The van der Waals surface area contributed by atoms with Crippen molar-refractivity contribution in [3.63, 3.8) is 0 Å². The molecule has 2 rings (SSSR count). The number of amides is 2. The lowest BCUT2D eigenvalue weighted by Crippen LogP contribution is -2.52. The minimum atomic E-state index is -3.73. The molecule has 7 nitrogen and oxygen atoms in total. The average Bonchev–Trinajstić information content (AvgIpc) is 2.78. The molecule has 2 aromatic rings. The van der Waals surface area contributed by atoms with Crippen molar-refractivity contribution in [1.82, 2.24) is 10.2 Å². The van der Waals surface area contributed by atoms with E-state index < -0.39 is 22.0 Å². The number of nitrogens with zero attached hydrogens (tertiary/aromatic N) is 2. The molecule has 0 bridgehead atoms. The Morgan fingerprint density at radius 2 is 1.65 bits per heavy atom. The van der Waals surface area contributed by atoms with Crippen molar-refractivity contribution >= 4 is 27.5 Å². The van der Waals surface area contributed by atoms with Crippen LogP contribution < -0.4 is 9.62 Å². The highest BCUT2D eigenvalue weighted by Crippen LogP contribution is 2.23. The van der Waals surface area contributed by atoms with Gasteiger partial charge >= 0.3 is 0 Å². The maximum Gasteiger partial charge on any atom is 0.244 e. The van der Waals surface area contributed by atoms with Gasteiger partial charge in [0.05, 0.1) is 11.9 Å². The van der Waals surface area contributed by atoms with Crippen molar-refractivity contribution < 1.29 is 18.0 Å². The summed E-state index contributed by atoms with van der Waals surface area (Å²) in [6.07, 6.45) is 3.30. The van der Waals surface area contributed by atoms with Gasteiger partial charge in [-0.2, -0.15) is 0 Å². The highest BCUT2D eigenvalue weighted by molar-refractivity contribution is 7.92. The number of rotatable bonds is 12. The number of aryl methyl sites for hydroxylation is 2. The standard InChI is InChI=1S/C26H37N3O4S/c1-6-8-17-27-26(31)23(7-2)28(18-22-15-13-20(3)14-16-22)25(30)19-29(34(5,32)33)24-12-10-9-11-21(24)4/h9-16,23H,6-8,17-19H2,1-5H3,(H,27,31). The Kier molecular flexibility index (Phi) is 10.1. The van der Waals surface area contributed by atoms with E-state index in [0.29, 0.717) is 18.7 Å². The second-order valence-corrected chi connectivity index (χ2v) is 10.5. The predicted octanol–water partition coefficient (Wildman–Crippen LogP) is 3.79. The van der Waals surface area contributed by atoms with E-state index in [2.05, 4.69) is 5.32 Å². The van der Waals surface area contributed by atoms with Gasteiger partial charge in [-0.15, -0.1) is 0 Å². The number of nitrogens with one attached hydrogen (secondary N) is 1. The highest BCUT2D eigenvalue weighted by atomic mass is 32.2. The van der Waals surface area contributed by atoms with Gasteiger partial charge in [0.1, 0.15) is 12.6 Å². The van der Waals surface area contributed by atoms with Gasteiger partial charge in [0.25, 0.3) is 0 Å². The molecule has 1 N–H and O–H groups in total. The number of hydrogen-bond donors (Lipinski definition) is 1. The molecule has 8 heteroatoms. The number of para-hydroxylation sites is 1. The first kappa shape index (κ1) is 27.4. The van der Waals surface area contributed by atoms with Gasteiger partial charge in [0.2, 0.25) is 21.8 Å². The summed E-state index contributed by atoms with van der Waals surface area (Å²) >= 11 is 0. The maximum atomic E-state index is 13.6. The van der Waals surface area contributed by atoms with Crippen LogP contribution in [-0.2, 0) is 26.2 Å². The second-order valence-electron chi connectivity index (χ2n) is 8.63. The second kappa shape index (κ2) is 12.6. The number of anilines is 1. The van der Waals surface area contributed by atoms with E-state index in [0.717, 1.165) is 40.1 Å². The maximum absolute atomic E-state index is 13.6. The number of benzene rings is 2. The quantitative estimate of drug-likeness (QED) is 0.462. The van der Waals surface area contributed by atoms with Crippen LogP contribution in [0.5, 0.6) is 0 Å². The van der Waals surface area contributed by atoms with Gasteiger partial charge in [-0.3, -0.25) is 13.9 Å². The summed E-state index contributed by atoms with van der Waals surface area (Å²) in [5.74, 6) is -0.648. The smallest absolute Gasteiger partial charge is 0.244 e. The monoisotopic (exact) mass is 487 g/mol. The van der Waals surface area contributed by atoms with E-state index in [1.165, 1.54) is 4.90 Å². The molecule has 0 saturated heterocycles. The molecule has 0 spiro atoms. The zero-order valence-corrected chi connectivity index (χ0v) is 21.7. The molecule has 0 saturated carbocycles. The molecule has 186 valence electrons. The molecule has 2 amide bonds. The first-order valence-corrected chi connectivity index (χ1v) is 13.6. The number of sulfonamides is 1. The van der Waals surface area contributed by atoms with Crippen molar-refractivity contribution in [3.05, 3.63) is 65.2 Å². The lowest BCUT2D eigenvalue weighted by Gasteiger charge is -2.33. The Balaban J connectivity index is 2.40. The van der Waals surface area contributed by atoms with Crippen molar-refractivity contribution in [2.75, 3.05) is 23.7 Å². The van der Waals surface area contributed by atoms with E-state index in [1.807, 2.05) is 51.1 Å². The largest absolute Gasteiger partial charge is 0.354 e. The van der Waals surface area contributed by atoms with Gasteiger partial charge in [-0.25, -0.2) is 8.42 Å². The number of hydrogen-bond acceptors (Lipinski definition) is 4. The Bertz CT molecular complexity index is 1070. The Morgan fingerprint density at radius 3 is 2.21 bits per heavy atom. The summed E-state index contributed by atoms with van der Waals surface area (Å²) in [5.41, 5.74) is 3.17. The van der Waals surface area contributed by atoms with Crippen LogP contribution in [0.15, 0.2) is 48.5 Å². The molecule has 1 unspecified atom stereocenters. The van der Waals surface area contributed by atoms with E-state index in [9.17, 15) is 18.0 Å². The Morgan fingerprint density at radius 1 is 1.00 bits per heavy atom. The van der Waals surface area contributed by atoms with Gasteiger partial charge in [-0.1, -0.05) is 68.3 Å². The van der Waals surface area contributed by atoms with Crippen molar-refractivity contribution in [1.29, 1.82) is 0 Å². The summed E-state index contributed by atoms with van der Waals surface area (Å²) < 4.78 is 26.4. The van der Waals surface area contributed by atoms with E-state index in [4.69, 9.17) is 0 Å². The van der Waals surface area contributed by atoms with Gasteiger partial charge in [-0.05, 0) is 43.9 Å². The summed E-state index contributed by atoms with van der Waals surface area (Å²) in [6.45, 7) is 8.06. The molecule has 0 heterocycles. The van der Waals surface area contributed by atoms with Crippen LogP contribution in [0, 0.1) is 13.8 Å². The lowest BCUT2D eigenvalue weighted by molar-refractivity contribution is -0.140. The molecular formula is C26H37N3O4S. The fourth-order valence-corrected chi connectivity index (χ4v) is 4.66. The summed E-state index contributed by atoms with van der Waals surface area (Å²) in [7, 11) is -3.73. The SMILES string of the molecule is CCCCNC(=O)C(CC)N(Cc1ccc(C)cc1)C(=O)CN(c1ccccc1C)S(C)(=O)=O. The fraction of sp³-hybridized carbons (Fsp3) is 0.462. The van der Waals surface area contributed by atoms with Crippen LogP contribution in [0.1, 0.15) is 49.8 Å². The average molecular weight is 488 g/mol. The number of carbonyl (C=O) groups is 2. The van der Waals surface area contributed by atoms with Gasteiger partial charge in [0.15, 0.2) is 0 Å². The zero-order chi connectivity index (χ0) is 25.3. The molecule has 1 atom stereocenters. The molecule has 0 radical (unpaired) electrons. The summed E-state index contributed by atoms with van der Waals surface area (Å²) in [5, 5.41) is 2.92. The summed E-state index contributed by atoms with van der Waals surface area (Å²) in [6, 6.07) is 14.1. The molecule has 2 aromatic carbocycles. The number of carbonyl (C=O) groups excluding carboxylic acids is 2. The molecule has 0 aromatic heterocycles. The Labute approximate surface area is 204 Å². The van der Waals surface area contributed by atoms with Crippen LogP contribution in [0.2, 0.25) is 0 Å².